The second-order valence-corrected chi connectivity index (χ2v) is 7.34. The summed E-state index contributed by atoms with van der Waals surface area (Å²) in [6, 6.07) is 5.63. The first-order valence-electron chi connectivity index (χ1n) is 7.25. The molecule has 1 rings (SSSR count). The SMILES string of the molecule is CC(C)CC(CC(C)C)NC(C)Cc1cccs1. The highest BCUT2D eigenvalue weighted by atomic mass is 32.1. The number of hydrogen-bond donors (Lipinski definition) is 1. The molecule has 0 aliphatic carbocycles. The van der Waals surface area contributed by atoms with E-state index >= 15 is 0 Å². The zero-order valence-electron chi connectivity index (χ0n) is 12.6. The average molecular weight is 267 g/mol. The molecule has 0 amide bonds. The third-order valence-corrected chi connectivity index (χ3v) is 4.02. The first kappa shape index (κ1) is 15.7. The van der Waals surface area contributed by atoms with Crippen LogP contribution < -0.4 is 5.32 Å². The molecule has 0 bridgehead atoms. The van der Waals surface area contributed by atoms with Crippen molar-refractivity contribution >= 4 is 11.3 Å². The second-order valence-electron chi connectivity index (χ2n) is 6.31. The Labute approximate surface area is 117 Å². The summed E-state index contributed by atoms with van der Waals surface area (Å²) < 4.78 is 0. The molecule has 0 aliphatic heterocycles. The molecule has 0 radical (unpaired) electrons. The minimum Gasteiger partial charge on any atom is -0.311 e. The van der Waals surface area contributed by atoms with E-state index in [2.05, 4.69) is 57.4 Å². The highest BCUT2D eigenvalue weighted by Crippen LogP contribution is 2.16. The van der Waals surface area contributed by atoms with E-state index in [-0.39, 0.29) is 0 Å². The molecule has 2 heteroatoms. The minimum absolute atomic E-state index is 0.575. The fourth-order valence-electron chi connectivity index (χ4n) is 2.56. The van der Waals surface area contributed by atoms with Gasteiger partial charge in [-0.15, -0.1) is 11.3 Å². The van der Waals surface area contributed by atoms with Gasteiger partial charge in [-0.25, -0.2) is 0 Å². The van der Waals surface area contributed by atoms with Crippen molar-refractivity contribution in [3.8, 4) is 0 Å². The van der Waals surface area contributed by atoms with Gasteiger partial charge in [0.15, 0.2) is 0 Å². The van der Waals surface area contributed by atoms with Gasteiger partial charge in [0, 0.05) is 17.0 Å². The van der Waals surface area contributed by atoms with Crippen LogP contribution in [0.2, 0.25) is 0 Å². The van der Waals surface area contributed by atoms with Crippen LogP contribution >= 0.6 is 11.3 Å². The summed E-state index contributed by atoms with van der Waals surface area (Å²) in [5.41, 5.74) is 0. The van der Waals surface area contributed by atoms with E-state index in [1.807, 2.05) is 11.3 Å². The average Bonchev–Trinajstić information content (AvgIpc) is 2.67. The van der Waals surface area contributed by atoms with Crippen LogP contribution in [-0.4, -0.2) is 12.1 Å². The predicted octanol–water partition coefficient (Wildman–Crippen LogP) is 4.73. The van der Waals surface area contributed by atoms with Crippen LogP contribution in [0.1, 0.15) is 52.3 Å². The van der Waals surface area contributed by atoms with Gasteiger partial charge in [0.05, 0.1) is 0 Å². The van der Waals surface area contributed by atoms with Crippen LogP contribution in [0, 0.1) is 11.8 Å². The Kier molecular flexibility index (Phi) is 6.95. The Morgan fingerprint density at radius 2 is 1.67 bits per heavy atom. The minimum atomic E-state index is 0.575. The molecule has 104 valence electrons. The highest BCUT2D eigenvalue weighted by Gasteiger charge is 2.15. The fourth-order valence-corrected chi connectivity index (χ4v) is 3.40. The molecule has 0 spiro atoms. The van der Waals surface area contributed by atoms with Gasteiger partial charge >= 0.3 is 0 Å². The predicted molar refractivity (Wildman–Crippen MR) is 83.3 cm³/mol. The van der Waals surface area contributed by atoms with Crippen LogP contribution in [0.25, 0.3) is 0 Å². The fraction of sp³-hybridized carbons (Fsp3) is 0.750. The number of nitrogens with one attached hydrogen (secondary N) is 1. The Balaban J connectivity index is 2.43. The van der Waals surface area contributed by atoms with Crippen LogP contribution in [0.5, 0.6) is 0 Å². The Bertz CT molecular complexity index is 293. The molecule has 0 aromatic carbocycles. The van der Waals surface area contributed by atoms with Gasteiger partial charge in [-0.05, 0) is 49.5 Å². The summed E-state index contributed by atoms with van der Waals surface area (Å²) in [6.45, 7) is 11.6. The standard InChI is InChI=1S/C16H29NS/c1-12(2)9-15(10-13(3)4)17-14(5)11-16-7-6-8-18-16/h6-8,12-15,17H,9-11H2,1-5H3. The molecule has 0 aliphatic rings. The van der Waals surface area contributed by atoms with Crippen molar-refractivity contribution in [2.75, 3.05) is 0 Å². The van der Waals surface area contributed by atoms with Crippen LogP contribution in [0.4, 0.5) is 0 Å². The van der Waals surface area contributed by atoms with Crippen LogP contribution in [-0.2, 0) is 6.42 Å². The summed E-state index contributed by atoms with van der Waals surface area (Å²) >= 11 is 1.87. The summed E-state index contributed by atoms with van der Waals surface area (Å²) in [5, 5.41) is 5.99. The molecular formula is C16H29NS. The quantitative estimate of drug-likeness (QED) is 0.718. The Morgan fingerprint density at radius 3 is 2.11 bits per heavy atom. The van der Waals surface area contributed by atoms with E-state index in [9.17, 15) is 0 Å². The maximum Gasteiger partial charge on any atom is 0.00896 e. The van der Waals surface area contributed by atoms with Crippen molar-refractivity contribution < 1.29 is 0 Å². The maximum absolute atomic E-state index is 3.82. The second kappa shape index (κ2) is 7.96. The molecule has 0 saturated heterocycles. The molecule has 1 aromatic rings. The normalized spacial score (nSPS) is 13.8. The molecule has 1 N–H and O–H groups in total. The summed E-state index contributed by atoms with van der Waals surface area (Å²) in [6.07, 6.45) is 3.73. The van der Waals surface area contributed by atoms with Crippen molar-refractivity contribution in [1.82, 2.24) is 5.32 Å². The molecule has 0 fully saturated rings. The smallest absolute Gasteiger partial charge is 0.00896 e. The van der Waals surface area contributed by atoms with E-state index < -0.39 is 0 Å². The van der Waals surface area contributed by atoms with E-state index in [4.69, 9.17) is 0 Å². The largest absolute Gasteiger partial charge is 0.311 e. The lowest BCUT2D eigenvalue weighted by Crippen LogP contribution is -2.39. The molecule has 1 heterocycles. The van der Waals surface area contributed by atoms with Crippen LogP contribution in [0.3, 0.4) is 0 Å². The number of rotatable bonds is 8. The van der Waals surface area contributed by atoms with E-state index in [0.29, 0.717) is 12.1 Å². The van der Waals surface area contributed by atoms with Gasteiger partial charge in [-0.2, -0.15) is 0 Å². The lowest BCUT2D eigenvalue weighted by atomic mass is 9.95. The summed E-state index contributed by atoms with van der Waals surface area (Å²) in [4.78, 5) is 1.49. The lowest BCUT2D eigenvalue weighted by molar-refractivity contribution is 0.332. The van der Waals surface area contributed by atoms with Gasteiger partial charge in [0.25, 0.3) is 0 Å². The zero-order chi connectivity index (χ0) is 13.5. The van der Waals surface area contributed by atoms with Gasteiger partial charge < -0.3 is 5.32 Å². The van der Waals surface area contributed by atoms with Crippen molar-refractivity contribution in [3.63, 3.8) is 0 Å². The molecule has 1 unspecified atom stereocenters. The van der Waals surface area contributed by atoms with E-state index in [0.717, 1.165) is 18.3 Å². The summed E-state index contributed by atoms with van der Waals surface area (Å²) in [5.74, 6) is 1.55. The maximum atomic E-state index is 3.82. The monoisotopic (exact) mass is 267 g/mol. The molecule has 1 atom stereocenters. The van der Waals surface area contributed by atoms with Gasteiger partial charge in [-0.3, -0.25) is 0 Å². The summed E-state index contributed by atoms with van der Waals surface area (Å²) in [7, 11) is 0. The third kappa shape index (κ3) is 6.55. The number of thiophene rings is 1. The lowest BCUT2D eigenvalue weighted by Gasteiger charge is -2.26. The van der Waals surface area contributed by atoms with Crippen molar-refractivity contribution in [3.05, 3.63) is 22.4 Å². The molecule has 18 heavy (non-hydrogen) atoms. The Hall–Kier alpha value is -0.340. The number of hydrogen-bond acceptors (Lipinski definition) is 2. The molecule has 1 aromatic heterocycles. The molecule has 1 nitrogen and oxygen atoms in total. The third-order valence-electron chi connectivity index (χ3n) is 3.12. The van der Waals surface area contributed by atoms with E-state index in [1.165, 1.54) is 17.7 Å². The van der Waals surface area contributed by atoms with Gasteiger partial charge in [0.1, 0.15) is 0 Å². The van der Waals surface area contributed by atoms with Crippen molar-refractivity contribution in [1.29, 1.82) is 0 Å². The van der Waals surface area contributed by atoms with Gasteiger partial charge in [0.2, 0.25) is 0 Å². The van der Waals surface area contributed by atoms with Crippen LogP contribution in [0.15, 0.2) is 17.5 Å². The van der Waals surface area contributed by atoms with E-state index in [1.54, 1.807) is 0 Å². The molecular weight excluding hydrogens is 238 g/mol. The zero-order valence-corrected chi connectivity index (χ0v) is 13.4. The van der Waals surface area contributed by atoms with Crippen molar-refractivity contribution in [2.24, 2.45) is 11.8 Å². The van der Waals surface area contributed by atoms with Gasteiger partial charge in [-0.1, -0.05) is 33.8 Å². The highest BCUT2D eigenvalue weighted by molar-refractivity contribution is 7.09. The Morgan fingerprint density at radius 1 is 1.06 bits per heavy atom. The topological polar surface area (TPSA) is 12.0 Å². The first-order chi connectivity index (χ1) is 8.47. The van der Waals surface area contributed by atoms with Crippen molar-refractivity contribution in [2.45, 2.75) is 66.0 Å². The first-order valence-corrected chi connectivity index (χ1v) is 8.13. The molecule has 0 saturated carbocycles.